The van der Waals surface area contributed by atoms with Gasteiger partial charge in [-0.1, -0.05) is 34.1 Å². The zero-order valence-electron chi connectivity index (χ0n) is 10.0. The van der Waals surface area contributed by atoms with E-state index in [4.69, 9.17) is 0 Å². The zero-order valence-corrected chi connectivity index (χ0v) is 11.6. The van der Waals surface area contributed by atoms with Crippen LogP contribution in [0.2, 0.25) is 0 Å². The molecule has 0 saturated heterocycles. The van der Waals surface area contributed by atoms with Gasteiger partial charge < -0.3 is 5.11 Å². The number of benzene rings is 2. The van der Waals surface area contributed by atoms with Crippen LogP contribution < -0.4 is 0 Å². The molecule has 0 aliphatic heterocycles. The fourth-order valence-electron chi connectivity index (χ4n) is 2.01. The Bertz CT molecular complexity index is 554. The molecule has 0 radical (unpaired) electrons. The normalized spacial score (nSPS) is 12.4. The maximum absolute atomic E-state index is 13.0. The van der Waals surface area contributed by atoms with E-state index in [1.54, 1.807) is 6.07 Å². The van der Waals surface area contributed by atoms with Crippen molar-refractivity contribution < 1.29 is 9.50 Å². The Hall–Kier alpha value is -1.19. The third-order valence-electron chi connectivity index (χ3n) is 2.91. The van der Waals surface area contributed by atoms with E-state index in [9.17, 15) is 9.50 Å². The number of halogens is 2. The summed E-state index contributed by atoms with van der Waals surface area (Å²) in [5.74, 6) is -0.272. The van der Waals surface area contributed by atoms with Crippen molar-refractivity contribution in [2.24, 2.45) is 0 Å². The van der Waals surface area contributed by atoms with Crippen LogP contribution in [0.4, 0.5) is 4.39 Å². The highest BCUT2D eigenvalue weighted by Gasteiger charge is 2.11. The van der Waals surface area contributed by atoms with Gasteiger partial charge in [0.25, 0.3) is 0 Å². The van der Waals surface area contributed by atoms with Gasteiger partial charge in [0.1, 0.15) is 5.82 Å². The van der Waals surface area contributed by atoms with Crippen LogP contribution in [0.3, 0.4) is 0 Å². The second-order valence-electron chi connectivity index (χ2n) is 4.35. The van der Waals surface area contributed by atoms with Crippen LogP contribution in [-0.4, -0.2) is 5.11 Å². The van der Waals surface area contributed by atoms with Gasteiger partial charge in [-0.25, -0.2) is 4.39 Å². The Morgan fingerprint density at radius 3 is 2.67 bits per heavy atom. The van der Waals surface area contributed by atoms with E-state index in [2.05, 4.69) is 15.9 Å². The first-order valence-electron chi connectivity index (χ1n) is 5.75. The average molecular weight is 309 g/mol. The van der Waals surface area contributed by atoms with Crippen molar-refractivity contribution in [1.29, 1.82) is 0 Å². The lowest BCUT2D eigenvalue weighted by Gasteiger charge is -2.14. The monoisotopic (exact) mass is 308 g/mol. The standard InChI is InChI=1S/C15H14BrFO/c1-10-7-13(17)5-6-14(10)15(18)9-11-3-2-4-12(16)8-11/h2-8,15,18H,9H2,1H3. The molecule has 2 aromatic carbocycles. The van der Waals surface area contributed by atoms with E-state index < -0.39 is 6.10 Å². The first-order chi connectivity index (χ1) is 8.56. The van der Waals surface area contributed by atoms with Crippen LogP contribution in [-0.2, 0) is 6.42 Å². The van der Waals surface area contributed by atoms with Crippen molar-refractivity contribution in [2.75, 3.05) is 0 Å². The Labute approximate surface area is 114 Å². The molecule has 0 spiro atoms. The van der Waals surface area contributed by atoms with Gasteiger partial charge in [0, 0.05) is 10.9 Å². The highest BCUT2D eigenvalue weighted by molar-refractivity contribution is 9.10. The van der Waals surface area contributed by atoms with E-state index in [0.29, 0.717) is 6.42 Å². The number of rotatable bonds is 3. The van der Waals surface area contributed by atoms with Crippen molar-refractivity contribution in [2.45, 2.75) is 19.4 Å². The van der Waals surface area contributed by atoms with Crippen LogP contribution in [0.25, 0.3) is 0 Å². The lowest BCUT2D eigenvalue weighted by molar-refractivity contribution is 0.177. The molecule has 94 valence electrons. The van der Waals surface area contributed by atoms with Crippen LogP contribution in [0.5, 0.6) is 0 Å². The molecule has 0 amide bonds. The molecule has 0 aliphatic carbocycles. The van der Waals surface area contributed by atoms with Gasteiger partial charge >= 0.3 is 0 Å². The fraction of sp³-hybridized carbons (Fsp3) is 0.200. The molecule has 18 heavy (non-hydrogen) atoms. The Kier molecular flexibility index (Phi) is 4.15. The van der Waals surface area contributed by atoms with Crippen molar-refractivity contribution >= 4 is 15.9 Å². The molecule has 0 fully saturated rings. The van der Waals surface area contributed by atoms with Gasteiger partial charge in [-0.15, -0.1) is 0 Å². The largest absolute Gasteiger partial charge is 0.388 e. The lowest BCUT2D eigenvalue weighted by Crippen LogP contribution is -2.04. The van der Waals surface area contributed by atoms with Gasteiger partial charge in [0.15, 0.2) is 0 Å². The van der Waals surface area contributed by atoms with E-state index in [0.717, 1.165) is 21.2 Å². The van der Waals surface area contributed by atoms with E-state index in [-0.39, 0.29) is 5.82 Å². The fourth-order valence-corrected chi connectivity index (χ4v) is 2.46. The molecule has 2 rings (SSSR count). The summed E-state index contributed by atoms with van der Waals surface area (Å²) in [5, 5.41) is 10.2. The number of aliphatic hydroxyl groups is 1. The molecule has 2 aromatic rings. The van der Waals surface area contributed by atoms with E-state index in [1.807, 2.05) is 31.2 Å². The van der Waals surface area contributed by atoms with Crippen LogP contribution in [0.1, 0.15) is 22.8 Å². The molecule has 1 N–H and O–H groups in total. The van der Waals surface area contributed by atoms with Crippen molar-refractivity contribution in [3.63, 3.8) is 0 Å². The van der Waals surface area contributed by atoms with Crippen molar-refractivity contribution in [1.82, 2.24) is 0 Å². The molecule has 0 saturated carbocycles. The predicted molar refractivity (Wildman–Crippen MR) is 73.9 cm³/mol. The highest BCUT2D eigenvalue weighted by Crippen LogP contribution is 2.23. The lowest BCUT2D eigenvalue weighted by atomic mass is 9.98. The zero-order chi connectivity index (χ0) is 13.1. The molecule has 1 nitrogen and oxygen atoms in total. The summed E-state index contributed by atoms with van der Waals surface area (Å²) in [5.41, 5.74) is 2.59. The first kappa shape index (κ1) is 13.2. The molecule has 1 atom stereocenters. The third kappa shape index (κ3) is 3.18. The maximum Gasteiger partial charge on any atom is 0.123 e. The number of aliphatic hydroxyl groups excluding tert-OH is 1. The summed E-state index contributed by atoms with van der Waals surface area (Å²) < 4.78 is 14.0. The Morgan fingerprint density at radius 1 is 1.22 bits per heavy atom. The second kappa shape index (κ2) is 5.63. The summed E-state index contributed by atoms with van der Waals surface area (Å²) in [7, 11) is 0. The van der Waals surface area contributed by atoms with Gasteiger partial charge in [0.05, 0.1) is 6.10 Å². The number of hydrogen-bond donors (Lipinski definition) is 1. The summed E-state index contributed by atoms with van der Waals surface area (Å²) in [6, 6.07) is 12.3. The number of hydrogen-bond acceptors (Lipinski definition) is 1. The van der Waals surface area contributed by atoms with Gasteiger partial charge in [-0.3, -0.25) is 0 Å². The molecule has 0 aromatic heterocycles. The maximum atomic E-state index is 13.0. The van der Waals surface area contributed by atoms with Crippen LogP contribution in [0.15, 0.2) is 46.9 Å². The molecule has 0 heterocycles. The highest BCUT2D eigenvalue weighted by atomic mass is 79.9. The van der Waals surface area contributed by atoms with Gasteiger partial charge in [-0.05, 0) is 47.9 Å². The minimum atomic E-state index is -0.611. The molecule has 3 heteroatoms. The molecular weight excluding hydrogens is 295 g/mol. The van der Waals surface area contributed by atoms with E-state index in [1.165, 1.54) is 12.1 Å². The molecular formula is C15H14BrFO. The first-order valence-corrected chi connectivity index (χ1v) is 6.54. The summed E-state index contributed by atoms with van der Waals surface area (Å²) >= 11 is 3.40. The van der Waals surface area contributed by atoms with Crippen molar-refractivity contribution in [3.8, 4) is 0 Å². The van der Waals surface area contributed by atoms with E-state index >= 15 is 0 Å². The van der Waals surface area contributed by atoms with Crippen LogP contribution in [0, 0.1) is 12.7 Å². The summed E-state index contributed by atoms with van der Waals surface area (Å²) in [6.07, 6.45) is -0.0914. The Morgan fingerprint density at radius 2 is 2.00 bits per heavy atom. The smallest absolute Gasteiger partial charge is 0.123 e. The number of aryl methyl sites for hydroxylation is 1. The summed E-state index contributed by atoms with van der Waals surface area (Å²) in [6.45, 7) is 1.81. The summed E-state index contributed by atoms with van der Waals surface area (Å²) in [4.78, 5) is 0. The van der Waals surface area contributed by atoms with Crippen molar-refractivity contribution in [3.05, 3.63) is 69.4 Å². The van der Waals surface area contributed by atoms with Gasteiger partial charge in [-0.2, -0.15) is 0 Å². The Balaban J connectivity index is 2.19. The second-order valence-corrected chi connectivity index (χ2v) is 5.27. The average Bonchev–Trinajstić information content (AvgIpc) is 2.28. The predicted octanol–water partition coefficient (Wildman–Crippen LogP) is 4.17. The molecule has 0 aliphatic rings. The quantitative estimate of drug-likeness (QED) is 0.902. The topological polar surface area (TPSA) is 20.2 Å². The SMILES string of the molecule is Cc1cc(F)ccc1C(O)Cc1cccc(Br)c1. The third-order valence-corrected chi connectivity index (χ3v) is 3.40. The molecule has 1 unspecified atom stereocenters. The van der Waals surface area contributed by atoms with Gasteiger partial charge in [0.2, 0.25) is 0 Å². The minimum Gasteiger partial charge on any atom is -0.388 e. The van der Waals surface area contributed by atoms with Crippen LogP contribution >= 0.6 is 15.9 Å². The molecule has 0 bridgehead atoms. The minimum absolute atomic E-state index is 0.272.